The van der Waals surface area contributed by atoms with E-state index in [1.165, 1.54) is 11.3 Å². The van der Waals surface area contributed by atoms with E-state index in [-0.39, 0.29) is 4.90 Å². The summed E-state index contributed by atoms with van der Waals surface area (Å²) in [4.78, 5) is 4.31. The third kappa shape index (κ3) is 2.25. The molecule has 0 spiro atoms. The summed E-state index contributed by atoms with van der Waals surface area (Å²) in [5.74, 6) is 0. The number of rotatable bonds is 3. The lowest BCUT2D eigenvalue weighted by Gasteiger charge is -2.05. The first-order valence-electron chi connectivity index (χ1n) is 5.26. The van der Waals surface area contributed by atoms with Crippen molar-refractivity contribution in [3.8, 4) is 0 Å². The first-order chi connectivity index (χ1) is 8.31. The Morgan fingerprint density at radius 2 is 2.00 bits per heavy atom. The number of thiazole rings is 1. The van der Waals surface area contributed by atoms with E-state index >= 15 is 0 Å². The van der Waals surface area contributed by atoms with Gasteiger partial charge < -0.3 is 0 Å². The van der Waals surface area contributed by atoms with Gasteiger partial charge in [0.05, 0.1) is 17.1 Å². The molecule has 0 saturated heterocycles. The number of nitrogens with zero attached hydrogens (tertiary/aromatic N) is 3. The molecule has 0 saturated carbocycles. The zero-order chi connectivity index (χ0) is 13.5. The molecule has 2 aromatic heterocycles. The van der Waals surface area contributed by atoms with Crippen molar-refractivity contribution < 1.29 is 8.42 Å². The Balaban J connectivity index is 2.43. The maximum absolute atomic E-state index is 12.3. The number of hydrogen-bond donors (Lipinski definition) is 1. The molecule has 6 nitrogen and oxygen atoms in total. The van der Waals surface area contributed by atoms with Crippen molar-refractivity contribution in [2.24, 2.45) is 7.05 Å². The van der Waals surface area contributed by atoms with E-state index in [1.807, 2.05) is 6.92 Å². The maximum atomic E-state index is 12.3. The van der Waals surface area contributed by atoms with Crippen LogP contribution in [-0.2, 0) is 17.1 Å². The molecule has 18 heavy (non-hydrogen) atoms. The fourth-order valence-electron chi connectivity index (χ4n) is 1.71. The monoisotopic (exact) mass is 286 g/mol. The highest BCUT2D eigenvalue weighted by atomic mass is 32.2. The molecule has 1 N–H and O–H groups in total. The normalized spacial score (nSPS) is 11.8. The molecule has 0 fully saturated rings. The Morgan fingerprint density at radius 3 is 2.44 bits per heavy atom. The summed E-state index contributed by atoms with van der Waals surface area (Å²) >= 11 is 1.26. The van der Waals surface area contributed by atoms with Gasteiger partial charge in [-0.2, -0.15) is 5.10 Å². The first kappa shape index (κ1) is 13.0. The van der Waals surface area contributed by atoms with E-state index in [0.717, 1.165) is 5.69 Å². The minimum Gasteiger partial charge on any atom is -0.271 e. The van der Waals surface area contributed by atoms with Gasteiger partial charge in [0, 0.05) is 12.4 Å². The van der Waals surface area contributed by atoms with E-state index in [0.29, 0.717) is 16.5 Å². The van der Waals surface area contributed by atoms with Crippen LogP contribution in [-0.4, -0.2) is 23.2 Å². The van der Waals surface area contributed by atoms with Crippen LogP contribution >= 0.6 is 11.3 Å². The molecule has 0 bridgehead atoms. The van der Waals surface area contributed by atoms with Crippen LogP contribution in [0.4, 0.5) is 5.13 Å². The molecule has 0 amide bonds. The Bertz CT molecular complexity index is 685. The second-order valence-corrected chi connectivity index (χ2v) is 6.50. The van der Waals surface area contributed by atoms with Gasteiger partial charge in [0.2, 0.25) is 0 Å². The van der Waals surface area contributed by atoms with Gasteiger partial charge in [-0.1, -0.05) is 0 Å². The predicted molar refractivity (Wildman–Crippen MR) is 70.3 cm³/mol. The fourth-order valence-corrected chi connectivity index (χ4v) is 4.09. The second kappa shape index (κ2) is 4.36. The number of anilines is 1. The lowest BCUT2D eigenvalue weighted by Crippen LogP contribution is -2.14. The van der Waals surface area contributed by atoms with Crippen LogP contribution in [0, 0.1) is 20.8 Å². The van der Waals surface area contributed by atoms with Gasteiger partial charge >= 0.3 is 0 Å². The van der Waals surface area contributed by atoms with Crippen molar-refractivity contribution in [1.82, 2.24) is 14.8 Å². The van der Waals surface area contributed by atoms with Crippen molar-refractivity contribution in [2.45, 2.75) is 25.7 Å². The summed E-state index contributed by atoms with van der Waals surface area (Å²) in [6, 6.07) is 0. The van der Waals surface area contributed by atoms with Crippen molar-refractivity contribution in [3.05, 3.63) is 22.5 Å². The minimum absolute atomic E-state index is 0.220. The second-order valence-electron chi connectivity index (χ2n) is 4.02. The molecular formula is C10H14N4O2S2. The Kier molecular flexibility index (Phi) is 3.16. The third-order valence-corrected chi connectivity index (χ3v) is 5.15. The highest BCUT2D eigenvalue weighted by Gasteiger charge is 2.24. The quantitative estimate of drug-likeness (QED) is 0.929. The summed E-state index contributed by atoms with van der Waals surface area (Å²) in [6.07, 6.45) is 0. The third-order valence-electron chi connectivity index (χ3n) is 2.55. The predicted octanol–water partition coefficient (Wildman–Crippen LogP) is 1.60. The Hall–Kier alpha value is -1.41. The zero-order valence-corrected chi connectivity index (χ0v) is 12.2. The average molecular weight is 286 g/mol. The number of aromatic nitrogens is 3. The van der Waals surface area contributed by atoms with Gasteiger partial charge in [0.25, 0.3) is 10.0 Å². The van der Waals surface area contributed by atoms with Crippen LogP contribution in [0.3, 0.4) is 0 Å². The van der Waals surface area contributed by atoms with Crippen LogP contribution in [0.25, 0.3) is 0 Å². The van der Waals surface area contributed by atoms with E-state index in [1.54, 1.807) is 31.0 Å². The molecule has 2 heterocycles. The standard InChI is InChI=1S/C10H14N4O2S2/c1-6-5-17-10(11-6)13-18(15,16)9-7(2)12-14(4)8(9)3/h5H,1-4H3,(H,11,13). The minimum atomic E-state index is -3.63. The van der Waals surface area contributed by atoms with Crippen LogP contribution < -0.4 is 4.72 Å². The number of aryl methyl sites for hydroxylation is 3. The highest BCUT2D eigenvalue weighted by Crippen LogP contribution is 2.23. The van der Waals surface area contributed by atoms with Crippen LogP contribution in [0.2, 0.25) is 0 Å². The van der Waals surface area contributed by atoms with Gasteiger partial charge in [-0.15, -0.1) is 11.3 Å². The fraction of sp³-hybridized carbons (Fsp3) is 0.400. The van der Waals surface area contributed by atoms with Gasteiger partial charge in [0.15, 0.2) is 5.13 Å². The molecule has 0 atom stereocenters. The summed E-state index contributed by atoms with van der Waals surface area (Å²) < 4.78 is 28.6. The van der Waals surface area contributed by atoms with Crippen molar-refractivity contribution in [2.75, 3.05) is 4.72 Å². The summed E-state index contributed by atoms with van der Waals surface area (Å²) in [5, 5.41) is 6.27. The van der Waals surface area contributed by atoms with Gasteiger partial charge in [-0.3, -0.25) is 9.40 Å². The largest absolute Gasteiger partial charge is 0.271 e. The van der Waals surface area contributed by atoms with E-state index in [4.69, 9.17) is 0 Å². The van der Waals surface area contributed by atoms with E-state index < -0.39 is 10.0 Å². The maximum Gasteiger partial charge on any atom is 0.267 e. The molecule has 2 rings (SSSR count). The summed E-state index contributed by atoms with van der Waals surface area (Å²) in [6.45, 7) is 5.21. The molecule has 0 unspecified atom stereocenters. The Morgan fingerprint density at radius 1 is 1.33 bits per heavy atom. The topological polar surface area (TPSA) is 76.9 Å². The molecule has 8 heteroatoms. The SMILES string of the molecule is Cc1csc(NS(=O)(=O)c2c(C)nn(C)c2C)n1. The number of hydrogen-bond acceptors (Lipinski definition) is 5. The smallest absolute Gasteiger partial charge is 0.267 e. The molecule has 2 aromatic rings. The summed E-state index contributed by atoms with van der Waals surface area (Å²) in [7, 11) is -1.91. The lowest BCUT2D eigenvalue weighted by atomic mass is 10.4. The van der Waals surface area contributed by atoms with Crippen LogP contribution in [0.5, 0.6) is 0 Å². The molecule has 0 aromatic carbocycles. The molecule has 0 aliphatic rings. The molecular weight excluding hydrogens is 272 g/mol. The van der Waals surface area contributed by atoms with Crippen molar-refractivity contribution >= 4 is 26.5 Å². The highest BCUT2D eigenvalue weighted by molar-refractivity contribution is 7.93. The lowest BCUT2D eigenvalue weighted by molar-refractivity contribution is 0.599. The van der Waals surface area contributed by atoms with Crippen molar-refractivity contribution in [1.29, 1.82) is 0 Å². The zero-order valence-electron chi connectivity index (χ0n) is 10.6. The van der Waals surface area contributed by atoms with E-state index in [2.05, 4.69) is 14.8 Å². The van der Waals surface area contributed by atoms with Gasteiger partial charge in [-0.05, 0) is 20.8 Å². The van der Waals surface area contributed by atoms with Crippen LogP contribution in [0.15, 0.2) is 10.3 Å². The number of nitrogens with one attached hydrogen (secondary N) is 1. The first-order valence-corrected chi connectivity index (χ1v) is 7.62. The van der Waals surface area contributed by atoms with E-state index in [9.17, 15) is 8.42 Å². The molecule has 0 aliphatic carbocycles. The Labute approximate surface area is 110 Å². The van der Waals surface area contributed by atoms with Gasteiger partial charge in [0.1, 0.15) is 4.90 Å². The average Bonchev–Trinajstić information content (AvgIpc) is 2.72. The molecule has 98 valence electrons. The summed E-state index contributed by atoms with van der Waals surface area (Å²) in [5.41, 5.74) is 1.88. The van der Waals surface area contributed by atoms with Crippen LogP contribution in [0.1, 0.15) is 17.1 Å². The van der Waals surface area contributed by atoms with Gasteiger partial charge in [-0.25, -0.2) is 13.4 Å². The molecule has 0 radical (unpaired) electrons. The van der Waals surface area contributed by atoms with Crippen molar-refractivity contribution in [3.63, 3.8) is 0 Å². The molecule has 0 aliphatic heterocycles. The number of sulfonamides is 1.